The summed E-state index contributed by atoms with van der Waals surface area (Å²) in [7, 11) is 4.26. The number of carbonyl (C=O) groups excluding carboxylic acids is 1. The van der Waals surface area contributed by atoms with Gasteiger partial charge in [0.15, 0.2) is 11.5 Å². The Kier molecular flexibility index (Phi) is 8.91. The monoisotopic (exact) mass is 494 g/mol. The average Bonchev–Trinajstić information content (AvgIpc) is 2.89. The van der Waals surface area contributed by atoms with Crippen molar-refractivity contribution in [1.82, 2.24) is 9.80 Å². The van der Waals surface area contributed by atoms with Gasteiger partial charge in [0.05, 0.1) is 19.1 Å². The maximum Gasteiger partial charge on any atom is 0.309 e. The summed E-state index contributed by atoms with van der Waals surface area (Å²) in [6, 6.07) is 14.4. The lowest BCUT2D eigenvalue weighted by Crippen LogP contribution is -2.54. The molecule has 0 amide bonds. The molecule has 196 valence electrons. The van der Waals surface area contributed by atoms with E-state index in [0.29, 0.717) is 19.8 Å². The molecule has 2 aliphatic rings. The summed E-state index contributed by atoms with van der Waals surface area (Å²) in [5, 5.41) is 0. The number of fused-ring (bicyclic) bond motifs is 2. The van der Waals surface area contributed by atoms with Crippen LogP contribution in [0.3, 0.4) is 0 Å². The fourth-order valence-corrected chi connectivity index (χ4v) is 5.83. The predicted molar refractivity (Wildman–Crippen MR) is 142 cm³/mol. The van der Waals surface area contributed by atoms with Gasteiger partial charge in [-0.25, -0.2) is 0 Å². The molecular weight excluding hydrogens is 452 g/mol. The third kappa shape index (κ3) is 5.87. The normalized spacial score (nSPS) is 21.9. The summed E-state index contributed by atoms with van der Waals surface area (Å²) in [6.07, 6.45) is 4.56. The number of rotatable bonds is 10. The molecule has 1 spiro atoms. The van der Waals surface area contributed by atoms with Crippen LogP contribution in [0.4, 0.5) is 0 Å². The minimum atomic E-state index is -0.0869. The topological polar surface area (TPSA) is 51.2 Å². The van der Waals surface area contributed by atoms with Gasteiger partial charge < -0.3 is 19.1 Å². The zero-order valence-corrected chi connectivity index (χ0v) is 22.4. The van der Waals surface area contributed by atoms with E-state index in [1.807, 2.05) is 44.2 Å². The number of hydrogen-bond donors (Lipinski definition) is 0. The molecule has 0 bridgehead atoms. The number of carbonyl (C=O) groups is 1. The molecule has 6 nitrogen and oxygen atoms in total. The van der Waals surface area contributed by atoms with E-state index in [0.717, 1.165) is 68.8 Å². The first kappa shape index (κ1) is 26.5. The van der Waals surface area contributed by atoms with Crippen LogP contribution in [0.1, 0.15) is 56.2 Å². The van der Waals surface area contributed by atoms with Crippen LogP contribution in [0, 0.1) is 5.92 Å². The summed E-state index contributed by atoms with van der Waals surface area (Å²) in [5.41, 5.74) is 3.66. The lowest BCUT2D eigenvalue weighted by Gasteiger charge is -2.52. The van der Waals surface area contributed by atoms with Crippen molar-refractivity contribution in [3.05, 3.63) is 59.2 Å². The Morgan fingerprint density at radius 2 is 1.69 bits per heavy atom. The molecule has 2 aromatic rings. The molecule has 1 saturated carbocycles. The number of hydrogen-bond acceptors (Lipinski definition) is 6. The predicted octanol–water partition coefficient (Wildman–Crippen LogP) is 5.03. The largest absolute Gasteiger partial charge is 0.490 e. The standard InChI is InChI=1S/C30H42N2O4/c1-5-34-27-20-25-14-17-32(19-18-31(3)4)30(26(25)21-28(27)35-6-2)15-12-24(13-16-30)29(33)36-22-23-10-8-7-9-11-23/h7-11,20-21,24H,5-6,12-19,22H2,1-4H3/t24-,30+. The zero-order valence-electron chi connectivity index (χ0n) is 22.4. The first-order valence-electron chi connectivity index (χ1n) is 13.5. The number of nitrogens with zero attached hydrogens (tertiary/aromatic N) is 2. The minimum Gasteiger partial charge on any atom is -0.490 e. The van der Waals surface area contributed by atoms with Crippen molar-refractivity contribution in [2.45, 2.75) is 58.1 Å². The number of likely N-dealkylation sites (N-methyl/N-ethyl adjacent to an activating group) is 1. The van der Waals surface area contributed by atoms with E-state index in [4.69, 9.17) is 14.2 Å². The fourth-order valence-electron chi connectivity index (χ4n) is 5.83. The molecule has 1 heterocycles. The molecule has 0 saturated heterocycles. The average molecular weight is 495 g/mol. The summed E-state index contributed by atoms with van der Waals surface area (Å²) in [4.78, 5) is 17.9. The van der Waals surface area contributed by atoms with Crippen molar-refractivity contribution in [3.63, 3.8) is 0 Å². The van der Waals surface area contributed by atoms with Crippen molar-refractivity contribution in [1.29, 1.82) is 0 Å². The number of ether oxygens (including phenoxy) is 3. The highest BCUT2D eigenvalue weighted by molar-refractivity contribution is 5.72. The number of esters is 1. The second-order valence-electron chi connectivity index (χ2n) is 10.3. The maximum atomic E-state index is 13.0. The van der Waals surface area contributed by atoms with Crippen molar-refractivity contribution < 1.29 is 19.0 Å². The van der Waals surface area contributed by atoms with Crippen LogP contribution in [-0.2, 0) is 28.1 Å². The third-order valence-electron chi connectivity index (χ3n) is 7.71. The van der Waals surface area contributed by atoms with E-state index >= 15 is 0 Å². The highest BCUT2D eigenvalue weighted by Gasteiger charge is 2.46. The van der Waals surface area contributed by atoms with Gasteiger partial charge in [-0.2, -0.15) is 0 Å². The van der Waals surface area contributed by atoms with Crippen molar-refractivity contribution in [2.75, 3.05) is 46.9 Å². The molecular formula is C30H42N2O4. The lowest BCUT2D eigenvalue weighted by atomic mass is 9.68. The van der Waals surface area contributed by atoms with Gasteiger partial charge in [0.2, 0.25) is 0 Å². The molecule has 0 atom stereocenters. The smallest absolute Gasteiger partial charge is 0.309 e. The highest BCUT2D eigenvalue weighted by atomic mass is 16.5. The number of benzene rings is 2. The molecule has 2 aromatic carbocycles. The van der Waals surface area contributed by atoms with Gasteiger partial charge in [0.1, 0.15) is 6.61 Å². The molecule has 0 N–H and O–H groups in total. The summed E-state index contributed by atoms with van der Waals surface area (Å²) in [6.45, 7) is 8.62. The van der Waals surface area contributed by atoms with E-state index in [9.17, 15) is 4.79 Å². The Morgan fingerprint density at radius 3 is 2.33 bits per heavy atom. The Bertz CT molecular complexity index is 1000. The first-order valence-corrected chi connectivity index (χ1v) is 13.5. The molecule has 4 rings (SSSR count). The van der Waals surface area contributed by atoms with Crippen LogP contribution < -0.4 is 9.47 Å². The van der Waals surface area contributed by atoms with Gasteiger partial charge in [-0.15, -0.1) is 0 Å². The Labute approximate surface area is 216 Å². The lowest BCUT2D eigenvalue weighted by molar-refractivity contribution is -0.152. The Hall–Kier alpha value is -2.57. The van der Waals surface area contributed by atoms with Crippen LogP contribution in [0.2, 0.25) is 0 Å². The van der Waals surface area contributed by atoms with Gasteiger partial charge in [-0.3, -0.25) is 9.69 Å². The van der Waals surface area contributed by atoms with Crippen molar-refractivity contribution in [3.8, 4) is 11.5 Å². The first-order chi connectivity index (χ1) is 17.5. The minimum absolute atomic E-state index is 0.0468. The zero-order chi connectivity index (χ0) is 25.5. The summed E-state index contributed by atoms with van der Waals surface area (Å²) in [5.74, 6) is 1.56. The summed E-state index contributed by atoms with van der Waals surface area (Å²) >= 11 is 0. The van der Waals surface area contributed by atoms with Crippen molar-refractivity contribution >= 4 is 5.97 Å². The van der Waals surface area contributed by atoms with E-state index in [1.54, 1.807) is 0 Å². The molecule has 0 radical (unpaired) electrons. The Morgan fingerprint density at radius 1 is 1.03 bits per heavy atom. The molecule has 36 heavy (non-hydrogen) atoms. The maximum absolute atomic E-state index is 13.0. The molecule has 1 aliphatic carbocycles. The fraction of sp³-hybridized carbons (Fsp3) is 0.567. The second kappa shape index (κ2) is 12.1. The Balaban J connectivity index is 1.56. The van der Waals surface area contributed by atoms with Crippen LogP contribution >= 0.6 is 0 Å². The van der Waals surface area contributed by atoms with Gasteiger partial charge in [-0.1, -0.05) is 30.3 Å². The van der Waals surface area contributed by atoms with E-state index in [-0.39, 0.29) is 17.4 Å². The van der Waals surface area contributed by atoms with E-state index in [2.05, 4.69) is 36.0 Å². The van der Waals surface area contributed by atoms with E-state index < -0.39 is 0 Å². The highest BCUT2D eigenvalue weighted by Crippen LogP contribution is 2.50. The van der Waals surface area contributed by atoms with Gasteiger partial charge >= 0.3 is 5.97 Å². The van der Waals surface area contributed by atoms with Gasteiger partial charge in [0, 0.05) is 25.2 Å². The van der Waals surface area contributed by atoms with Crippen LogP contribution in [0.5, 0.6) is 11.5 Å². The molecule has 6 heteroatoms. The van der Waals surface area contributed by atoms with Crippen LogP contribution in [-0.4, -0.2) is 62.7 Å². The van der Waals surface area contributed by atoms with Crippen molar-refractivity contribution in [2.24, 2.45) is 5.92 Å². The second-order valence-corrected chi connectivity index (χ2v) is 10.3. The summed E-state index contributed by atoms with van der Waals surface area (Å²) < 4.78 is 17.7. The van der Waals surface area contributed by atoms with Gasteiger partial charge in [-0.05, 0) is 88.9 Å². The SMILES string of the molecule is CCOc1cc2c(cc1OCC)[C@]1(CC[C@H](C(=O)OCc3ccccc3)CC1)N(CCN(C)C)CC2. The quantitative estimate of drug-likeness (QED) is 0.432. The van der Waals surface area contributed by atoms with Gasteiger partial charge in [0.25, 0.3) is 0 Å². The molecule has 0 unspecified atom stereocenters. The molecule has 1 fully saturated rings. The molecule has 1 aliphatic heterocycles. The van der Waals surface area contributed by atoms with Crippen LogP contribution in [0.15, 0.2) is 42.5 Å². The third-order valence-corrected chi connectivity index (χ3v) is 7.71. The molecule has 0 aromatic heterocycles. The van der Waals surface area contributed by atoms with Crippen LogP contribution in [0.25, 0.3) is 0 Å². The van der Waals surface area contributed by atoms with E-state index in [1.165, 1.54) is 11.1 Å².